The van der Waals surface area contributed by atoms with Gasteiger partial charge in [-0.15, -0.1) is 0 Å². The largest absolute Gasteiger partial charge is 0.484 e. The Kier molecular flexibility index (Phi) is 7.58. The molecular weight excluding hydrogens is 402 g/mol. The van der Waals surface area contributed by atoms with Crippen LogP contribution < -0.4 is 15.5 Å². The number of carbonyl (C=O) groups excluding carboxylic acids is 2. The lowest BCUT2D eigenvalue weighted by Gasteiger charge is -2.08. The Labute approximate surface area is 179 Å². The number of amides is 2. The molecule has 0 fully saturated rings. The predicted molar refractivity (Wildman–Crippen MR) is 118 cm³/mol. The van der Waals surface area contributed by atoms with Crippen LogP contribution >= 0.6 is 11.6 Å². The molecule has 3 aromatic carbocycles. The first-order valence-electron chi connectivity index (χ1n) is 9.23. The standard InChI is InChI=1S/C23H20ClN3O3/c24-20-8-4-5-9-21(20)26-23(29)16-30-19-12-10-18(11-13-19)15-25-27-22(28)14-17-6-2-1-3-7-17/h1-13,15H,14,16H2,(H,26,29)(H,27,28)/b25-15-. The number of carbonyl (C=O) groups is 2. The van der Waals surface area contributed by atoms with E-state index in [0.29, 0.717) is 16.5 Å². The van der Waals surface area contributed by atoms with Gasteiger partial charge in [0.1, 0.15) is 5.75 Å². The lowest BCUT2D eigenvalue weighted by Crippen LogP contribution is -2.20. The molecule has 6 nitrogen and oxygen atoms in total. The number of halogens is 1. The van der Waals surface area contributed by atoms with Crippen molar-refractivity contribution in [1.82, 2.24) is 5.43 Å². The van der Waals surface area contributed by atoms with Crippen LogP contribution in [-0.2, 0) is 16.0 Å². The van der Waals surface area contributed by atoms with E-state index in [-0.39, 0.29) is 24.8 Å². The van der Waals surface area contributed by atoms with Crippen molar-refractivity contribution >= 4 is 35.3 Å². The Morgan fingerprint density at radius 2 is 1.60 bits per heavy atom. The van der Waals surface area contributed by atoms with Crippen LogP contribution in [0.2, 0.25) is 5.02 Å². The molecule has 152 valence electrons. The lowest BCUT2D eigenvalue weighted by molar-refractivity contribution is -0.120. The van der Waals surface area contributed by atoms with Gasteiger partial charge in [-0.3, -0.25) is 9.59 Å². The number of rotatable bonds is 8. The van der Waals surface area contributed by atoms with Crippen LogP contribution in [0.4, 0.5) is 5.69 Å². The Morgan fingerprint density at radius 1 is 0.900 bits per heavy atom. The van der Waals surface area contributed by atoms with E-state index in [1.165, 1.54) is 6.21 Å². The fourth-order valence-electron chi connectivity index (χ4n) is 2.55. The number of para-hydroxylation sites is 1. The van der Waals surface area contributed by atoms with Gasteiger partial charge in [-0.2, -0.15) is 5.10 Å². The van der Waals surface area contributed by atoms with Crippen LogP contribution in [-0.4, -0.2) is 24.6 Å². The Morgan fingerprint density at radius 3 is 2.33 bits per heavy atom. The normalized spacial score (nSPS) is 10.6. The van der Waals surface area contributed by atoms with Gasteiger partial charge in [0.05, 0.1) is 23.3 Å². The minimum atomic E-state index is -0.310. The maximum atomic E-state index is 12.0. The minimum absolute atomic E-state index is 0.145. The summed E-state index contributed by atoms with van der Waals surface area (Å²) in [6.45, 7) is -0.145. The second-order valence-corrected chi connectivity index (χ2v) is 6.75. The average molecular weight is 422 g/mol. The van der Waals surface area contributed by atoms with Crippen molar-refractivity contribution in [1.29, 1.82) is 0 Å². The zero-order chi connectivity index (χ0) is 21.2. The molecule has 0 aliphatic carbocycles. The monoisotopic (exact) mass is 421 g/mol. The highest BCUT2D eigenvalue weighted by Gasteiger charge is 2.06. The minimum Gasteiger partial charge on any atom is -0.484 e. The topological polar surface area (TPSA) is 79.8 Å². The van der Waals surface area contributed by atoms with E-state index in [1.54, 1.807) is 48.5 Å². The Balaban J connectivity index is 1.43. The van der Waals surface area contributed by atoms with Crippen LogP contribution in [0, 0.1) is 0 Å². The maximum Gasteiger partial charge on any atom is 0.262 e. The smallest absolute Gasteiger partial charge is 0.262 e. The summed E-state index contributed by atoms with van der Waals surface area (Å²) in [7, 11) is 0. The van der Waals surface area contributed by atoms with Gasteiger partial charge in [0.25, 0.3) is 5.91 Å². The van der Waals surface area contributed by atoms with Crippen molar-refractivity contribution in [3.63, 3.8) is 0 Å². The molecule has 0 bridgehead atoms. The van der Waals surface area contributed by atoms with Crippen LogP contribution in [0.5, 0.6) is 5.75 Å². The van der Waals surface area contributed by atoms with Crippen molar-refractivity contribution in [3.8, 4) is 5.75 Å². The van der Waals surface area contributed by atoms with Gasteiger partial charge in [-0.1, -0.05) is 54.1 Å². The number of benzene rings is 3. The third-order valence-electron chi connectivity index (χ3n) is 4.01. The van der Waals surface area contributed by atoms with Crippen LogP contribution in [0.15, 0.2) is 84.0 Å². The van der Waals surface area contributed by atoms with Gasteiger partial charge in [-0.25, -0.2) is 5.43 Å². The predicted octanol–water partition coefficient (Wildman–Crippen LogP) is 4.05. The summed E-state index contributed by atoms with van der Waals surface area (Å²) in [5, 5.41) is 7.11. The summed E-state index contributed by atoms with van der Waals surface area (Å²) in [5.41, 5.74) is 4.74. The number of nitrogens with zero attached hydrogens (tertiary/aromatic N) is 1. The molecule has 0 saturated heterocycles. The molecule has 30 heavy (non-hydrogen) atoms. The fraction of sp³-hybridized carbons (Fsp3) is 0.0870. The summed E-state index contributed by atoms with van der Waals surface area (Å²) in [5.74, 6) is 0.0337. The zero-order valence-corrected chi connectivity index (χ0v) is 16.8. The zero-order valence-electron chi connectivity index (χ0n) is 16.0. The van der Waals surface area contributed by atoms with Crippen molar-refractivity contribution in [2.45, 2.75) is 6.42 Å². The van der Waals surface area contributed by atoms with E-state index >= 15 is 0 Å². The summed E-state index contributed by atoms with van der Waals surface area (Å²) in [6.07, 6.45) is 1.80. The number of anilines is 1. The molecule has 3 rings (SSSR count). The summed E-state index contributed by atoms with van der Waals surface area (Å²) >= 11 is 6.01. The third-order valence-corrected chi connectivity index (χ3v) is 4.34. The fourth-order valence-corrected chi connectivity index (χ4v) is 2.73. The molecule has 0 radical (unpaired) electrons. The summed E-state index contributed by atoms with van der Waals surface area (Å²) in [6, 6.07) is 23.4. The van der Waals surface area contributed by atoms with E-state index in [1.807, 2.05) is 30.3 Å². The molecule has 0 saturated carbocycles. The highest BCUT2D eigenvalue weighted by Crippen LogP contribution is 2.20. The van der Waals surface area contributed by atoms with Gasteiger partial charge in [0.2, 0.25) is 5.91 Å². The second kappa shape index (κ2) is 10.8. The number of hydrogen-bond acceptors (Lipinski definition) is 4. The summed E-state index contributed by atoms with van der Waals surface area (Å²) < 4.78 is 5.47. The molecule has 0 aliphatic heterocycles. The van der Waals surface area contributed by atoms with Crippen molar-refractivity contribution in [2.75, 3.05) is 11.9 Å². The van der Waals surface area contributed by atoms with Crippen molar-refractivity contribution in [2.24, 2.45) is 5.10 Å². The Bertz CT molecular complexity index is 1020. The molecule has 2 N–H and O–H groups in total. The first-order valence-corrected chi connectivity index (χ1v) is 9.61. The molecule has 3 aromatic rings. The second-order valence-electron chi connectivity index (χ2n) is 6.34. The number of hydrazone groups is 1. The number of hydrogen-bond donors (Lipinski definition) is 2. The van der Waals surface area contributed by atoms with Crippen molar-refractivity contribution in [3.05, 3.63) is 95.0 Å². The van der Waals surface area contributed by atoms with Crippen LogP contribution in [0.25, 0.3) is 0 Å². The lowest BCUT2D eigenvalue weighted by atomic mass is 10.1. The van der Waals surface area contributed by atoms with Gasteiger partial charge in [0.15, 0.2) is 6.61 Å². The first-order chi connectivity index (χ1) is 14.6. The highest BCUT2D eigenvalue weighted by atomic mass is 35.5. The van der Waals surface area contributed by atoms with Gasteiger partial charge >= 0.3 is 0 Å². The number of nitrogens with one attached hydrogen (secondary N) is 2. The summed E-state index contributed by atoms with van der Waals surface area (Å²) in [4.78, 5) is 23.9. The van der Waals surface area contributed by atoms with E-state index in [2.05, 4.69) is 15.8 Å². The van der Waals surface area contributed by atoms with Crippen molar-refractivity contribution < 1.29 is 14.3 Å². The molecule has 0 aromatic heterocycles. The quantitative estimate of drug-likeness (QED) is 0.425. The van der Waals surface area contributed by atoms with Gasteiger partial charge in [-0.05, 0) is 47.5 Å². The van der Waals surface area contributed by atoms with Crippen LogP contribution in [0.1, 0.15) is 11.1 Å². The first kappa shape index (κ1) is 21.1. The molecule has 0 unspecified atom stereocenters. The molecule has 0 atom stereocenters. The maximum absolute atomic E-state index is 12.0. The SMILES string of the molecule is O=C(Cc1ccccc1)N/N=C\c1ccc(OCC(=O)Nc2ccccc2Cl)cc1. The molecule has 0 aliphatic rings. The highest BCUT2D eigenvalue weighted by molar-refractivity contribution is 6.33. The molecule has 0 spiro atoms. The molecule has 0 heterocycles. The molecular formula is C23H20ClN3O3. The van der Waals surface area contributed by atoms with Gasteiger partial charge in [0, 0.05) is 0 Å². The number of ether oxygens (including phenoxy) is 1. The van der Waals surface area contributed by atoms with Crippen LogP contribution in [0.3, 0.4) is 0 Å². The average Bonchev–Trinajstić information content (AvgIpc) is 2.75. The Hall–Kier alpha value is -3.64. The van der Waals surface area contributed by atoms with Gasteiger partial charge < -0.3 is 10.1 Å². The van der Waals surface area contributed by atoms with E-state index in [0.717, 1.165) is 11.1 Å². The molecule has 2 amide bonds. The van der Waals surface area contributed by atoms with E-state index in [4.69, 9.17) is 16.3 Å². The van der Waals surface area contributed by atoms with E-state index < -0.39 is 0 Å². The van der Waals surface area contributed by atoms with E-state index in [9.17, 15) is 9.59 Å². The third kappa shape index (κ3) is 6.76. The molecule has 7 heteroatoms.